The number of nitriles is 1. The Morgan fingerprint density at radius 2 is 2.09 bits per heavy atom. The van der Waals surface area contributed by atoms with E-state index in [9.17, 15) is 0 Å². The van der Waals surface area contributed by atoms with Gasteiger partial charge in [0.05, 0.1) is 17.8 Å². The molecule has 3 heterocycles. The van der Waals surface area contributed by atoms with E-state index < -0.39 is 0 Å². The van der Waals surface area contributed by atoms with Crippen molar-refractivity contribution in [2.45, 2.75) is 0 Å². The summed E-state index contributed by atoms with van der Waals surface area (Å²) in [5.41, 5.74) is 5.60. The van der Waals surface area contributed by atoms with Gasteiger partial charge in [0.1, 0.15) is 5.65 Å². The summed E-state index contributed by atoms with van der Waals surface area (Å²) in [5, 5.41) is 14.4. The largest absolute Gasteiger partial charge is 0.345 e. The van der Waals surface area contributed by atoms with E-state index in [0.29, 0.717) is 5.56 Å². The molecule has 0 spiro atoms. The minimum absolute atomic E-state index is 0.642. The first-order valence-electron chi connectivity index (χ1n) is 7.22. The molecular formula is C18H13N5. The quantitative estimate of drug-likeness (QED) is 0.616. The van der Waals surface area contributed by atoms with Gasteiger partial charge in [0.2, 0.25) is 0 Å². The molecule has 1 N–H and O–H groups in total. The Morgan fingerprint density at radius 3 is 2.87 bits per heavy atom. The number of nitrogens with one attached hydrogen (secondary N) is 1. The third-order valence-corrected chi connectivity index (χ3v) is 3.89. The average Bonchev–Trinajstić information content (AvgIpc) is 3.21. The fourth-order valence-electron chi connectivity index (χ4n) is 2.84. The molecule has 0 saturated heterocycles. The summed E-state index contributed by atoms with van der Waals surface area (Å²) in [6.45, 7) is 0. The molecule has 0 radical (unpaired) electrons. The molecule has 0 aliphatic rings. The fourth-order valence-corrected chi connectivity index (χ4v) is 2.84. The molecule has 4 aromatic rings. The molecule has 0 unspecified atom stereocenters. The number of fused-ring (bicyclic) bond motifs is 1. The highest BCUT2D eigenvalue weighted by Gasteiger charge is 2.14. The van der Waals surface area contributed by atoms with Gasteiger partial charge in [-0.25, -0.2) is 4.98 Å². The Morgan fingerprint density at radius 1 is 1.17 bits per heavy atom. The second-order valence-electron chi connectivity index (χ2n) is 5.38. The number of H-pyrrole nitrogens is 1. The molecule has 4 rings (SSSR count). The molecule has 0 bridgehead atoms. The van der Waals surface area contributed by atoms with Crippen molar-refractivity contribution in [1.82, 2.24) is 19.7 Å². The van der Waals surface area contributed by atoms with Crippen LogP contribution >= 0.6 is 0 Å². The SMILES string of the molecule is Cn1cc(-c2ccnc3[nH]cc(-c4cccc(C#N)c4)c23)cn1. The molecule has 110 valence electrons. The molecule has 0 atom stereocenters. The summed E-state index contributed by atoms with van der Waals surface area (Å²) in [6, 6.07) is 11.8. The number of nitrogens with zero attached hydrogens (tertiary/aromatic N) is 4. The first-order valence-corrected chi connectivity index (χ1v) is 7.22. The second-order valence-corrected chi connectivity index (χ2v) is 5.38. The van der Waals surface area contributed by atoms with Crippen molar-refractivity contribution in [3.63, 3.8) is 0 Å². The number of aryl methyl sites for hydroxylation is 1. The lowest BCUT2D eigenvalue weighted by Crippen LogP contribution is -1.85. The van der Waals surface area contributed by atoms with Crippen molar-refractivity contribution >= 4 is 11.0 Å². The van der Waals surface area contributed by atoms with Gasteiger partial charge >= 0.3 is 0 Å². The molecule has 3 aromatic heterocycles. The minimum Gasteiger partial charge on any atom is -0.345 e. The topological polar surface area (TPSA) is 70.3 Å². The highest BCUT2D eigenvalue weighted by atomic mass is 15.2. The van der Waals surface area contributed by atoms with Crippen molar-refractivity contribution in [3.05, 3.63) is 60.7 Å². The van der Waals surface area contributed by atoms with Crippen molar-refractivity contribution in [2.24, 2.45) is 7.05 Å². The van der Waals surface area contributed by atoms with Crippen LogP contribution in [0.2, 0.25) is 0 Å². The monoisotopic (exact) mass is 299 g/mol. The van der Waals surface area contributed by atoms with Crippen LogP contribution in [0.5, 0.6) is 0 Å². The Kier molecular flexibility index (Phi) is 2.95. The minimum atomic E-state index is 0.642. The number of aromatic amines is 1. The summed E-state index contributed by atoms with van der Waals surface area (Å²) < 4.78 is 1.78. The molecule has 0 aliphatic heterocycles. The predicted octanol–water partition coefficient (Wildman–Crippen LogP) is 3.50. The average molecular weight is 299 g/mol. The van der Waals surface area contributed by atoms with Crippen molar-refractivity contribution in [2.75, 3.05) is 0 Å². The fraction of sp³-hybridized carbons (Fsp3) is 0.0556. The van der Waals surface area contributed by atoms with E-state index in [1.54, 1.807) is 16.9 Å². The van der Waals surface area contributed by atoms with Gasteiger partial charge in [-0.15, -0.1) is 0 Å². The van der Waals surface area contributed by atoms with Gasteiger partial charge in [-0.05, 0) is 29.3 Å². The zero-order valence-electron chi connectivity index (χ0n) is 12.5. The van der Waals surface area contributed by atoms with E-state index in [0.717, 1.165) is 33.3 Å². The molecule has 5 nitrogen and oxygen atoms in total. The summed E-state index contributed by atoms with van der Waals surface area (Å²) in [7, 11) is 1.90. The van der Waals surface area contributed by atoms with E-state index in [2.05, 4.69) is 21.1 Å². The summed E-state index contributed by atoms with van der Waals surface area (Å²) in [6.07, 6.45) is 7.55. The van der Waals surface area contributed by atoms with Gasteiger partial charge in [0.15, 0.2) is 0 Å². The van der Waals surface area contributed by atoms with Crippen molar-refractivity contribution < 1.29 is 0 Å². The van der Waals surface area contributed by atoms with Crippen LogP contribution in [0.15, 0.2) is 55.1 Å². The van der Waals surface area contributed by atoms with Gasteiger partial charge in [-0.2, -0.15) is 10.4 Å². The van der Waals surface area contributed by atoms with E-state index in [1.165, 1.54) is 0 Å². The van der Waals surface area contributed by atoms with Gasteiger partial charge in [-0.1, -0.05) is 12.1 Å². The molecule has 5 heteroatoms. The van der Waals surface area contributed by atoms with Crippen LogP contribution in [0.1, 0.15) is 5.56 Å². The molecule has 23 heavy (non-hydrogen) atoms. The molecule has 1 aromatic carbocycles. The van der Waals surface area contributed by atoms with Gasteiger partial charge in [-0.3, -0.25) is 4.68 Å². The lowest BCUT2D eigenvalue weighted by molar-refractivity contribution is 0.768. The molecule has 0 saturated carbocycles. The lowest BCUT2D eigenvalue weighted by Gasteiger charge is -2.04. The van der Waals surface area contributed by atoms with E-state index in [1.807, 2.05) is 49.9 Å². The maximum absolute atomic E-state index is 9.13. The highest BCUT2D eigenvalue weighted by molar-refractivity contribution is 6.03. The summed E-state index contributed by atoms with van der Waals surface area (Å²) in [4.78, 5) is 7.64. The van der Waals surface area contributed by atoms with Gasteiger partial charge in [0.25, 0.3) is 0 Å². The lowest BCUT2D eigenvalue weighted by atomic mass is 9.99. The second kappa shape index (κ2) is 5.11. The predicted molar refractivity (Wildman–Crippen MR) is 88.4 cm³/mol. The van der Waals surface area contributed by atoms with Gasteiger partial charge in [0, 0.05) is 42.2 Å². The number of rotatable bonds is 2. The van der Waals surface area contributed by atoms with E-state index in [4.69, 9.17) is 5.26 Å². The van der Waals surface area contributed by atoms with Crippen LogP contribution in [-0.4, -0.2) is 19.7 Å². The molecule has 0 amide bonds. The normalized spacial score (nSPS) is 10.8. The third kappa shape index (κ3) is 2.17. The molecule has 0 aliphatic carbocycles. The van der Waals surface area contributed by atoms with Crippen molar-refractivity contribution in [3.8, 4) is 28.3 Å². The number of pyridine rings is 1. The standard InChI is InChI=1S/C18H13N5/c1-23-11-14(9-22-23)15-5-6-20-18-17(15)16(10-21-18)13-4-2-3-12(7-13)8-19/h2-7,9-11H,1H3,(H,20,21). The van der Waals surface area contributed by atoms with Crippen LogP contribution in [0, 0.1) is 11.3 Å². The third-order valence-electron chi connectivity index (χ3n) is 3.89. The zero-order valence-corrected chi connectivity index (χ0v) is 12.5. The van der Waals surface area contributed by atoms with Crippen LogP contribution in [0.25, 0.3) is 33.3 Å². The van der Waals surface area contributed by atoms with E-state index in [-0.39, 0.29) is 0 Å². The highest BCUT2D eigenvalue weighted by Crippen LogP contribution is 2.35. The Labute approximate surface area is 132 Å². The zero-order chi connectivity index (χ0) is 15.8. The molecular weight excluding hydrogens is 286 g/mol. The van der Waals surface area contributed by atoms with E-state index >= 15 is 0 Å². The number of benzene rings is 1. The van der Waals surface area contributed by atoms with Crippen LogP contribution in [0.4, 0.5) is 0 Å². The van der Waals surface area contributed by atoms with Gasteiger partial charge < -0.3 is 4.98 Å². The van der Waals surface area contributed by atoms with Crippen molar-refractivity contribution in [1.29, 1.82) is 5.26 Å². The number of aromatic nitrogens is 4. The summed E-state index contributed by atoms with van der Waals surface area (Å²) in [5.74, 6) is 0. The first-order chi connectivity index (χ1) is 11.3. The van der Waals surface area contributed by atoms with Crippen LogP contribution in [-0.2, 0) is 7.05 Å². The first kappa shape index (κ1) is 13.3. The number of hydrogen-bond acceptors (Lipinski definition) is 3. The Bertz CT molecular complexity index is 1050. The maximum atomic E-state index is 9.13. The Balaban J connectivity index is 2.00. The molecule has 0 fully saturated rings. The van der Waals surface area contributed by atoms with Crippen LogP contribution < -0.4 is 0 Å². The maximum Gasteiger partial charge on any atom is 0.138 e. The number of hydrogen-bond donors (Lipinski definition) is 1. The summed E-state index contributed by atoms with van der Waals surface area (Å²) >= 11 is 0. The van der Waals surface area contributed by atoms with Crippen LogP contribution in [0.3, 0.4) is 0 Å². The smallest absolute Gasteiger partial charge is 0.138 e. The Hall–Kier alpha value is -3.39.